The molecular weight excluding hydrogens is 168 g/mol. The number of ether oxygens (including phenoxy) is 1. The minimum absolute atomic E-state index is 0.110. The monoisotopic (exact) mass is 184 g/mol. The largest absolute Gasteiger partial charge is 0.466 e. The van der Waals surface area contributed by atoms with E-state index in [1.807, 2.05) is 19.9 Å². The Kier molecular flexibility index (Phi) is 2.76. The topological polar surface area (TPSA) is 46.5 Å². The standard InChI is InChI=1S/C10H16O3/c1-10(2)5-7(9(12)13-3)4-8(11)6-10/h5,8,11H,4,6H2,1-3H3. The van der Waals surface area contributed by atoms with Crippen LogP contribution >= 0.6 is 0 Å². The van der Waals surface area contributed by atoms with Gasteiger partial charge in [-0.1, -0.05) is 19.9 Å². The van der Waals surface area contributed by atoms with Crippen LogP contribution < -0.4 is 0 Å². The van der Waals surface area contributed by atoms with Crippen molar-refractivity contribution in [2.75, 3.05) is 7.11 Å². The molecule has 1 aliphatic carbocycles. The van der Waals surface area contributed by atoms with E-state index in [0.29, 0.717) is 18.4 Å². The summed E-state index contributed by atoms with van der Waals surface area (Å²) >= 11 is 0. The number of methoxy groups -OCH3 is 1. The zero-order chi connectivity index (χ0) is 10.1. The Morgan fingerprint density at radius 2 is 2.31 bits per heavy atom. The first-order valence-electron chi connectivity index (χ1n) is 4.43. The number of aliphatic hydroxyl groups excluding tert-OH is 1. The molecule has 0 aromatic carbocycles. The molecule has 0 aromatic rings. The Morgan fingerprint density at radius 3 is 2.77 bits per heavy atom. The molecule has 1 rings (SSSR count). The normalized spacial score (nSPS) is 26.5. The molecule has 0 radical (unpaired) electrons. The molecule has 3 nitrogen and oxygen atoms in total. The van der Waals surface area contributed by atoms with Gasteiger partial charge in [0.25, 0.3) is 0 Å². The first-order chi connectivity index (χ1) is 5.94. The molecule has 1 N–H and O–H groups in total. The molecule has 0 heterocycles. The molecular formula is C10H16O3. The van der Waals surface area contributed by atoms with Crippen molar-refractivity contribution >= 4 is 5.97 Å². The van der Waals surface area contributed by atoms with Gasteiger partial charge in [-0.05, 0) is 11.8 Å². The molecule has 0 amide bonds. The smallest absolute Gasteiger partial charge is 0.333 e. The summed E-state index contributed by atoms with van der Waals surface area (Å²) in [5.74, 6) is -0.327. The van der Waals surface area contributed by atoms with Crippen LogP contribution in [-0.4, -0.2) is 24.3 Å². The SMILES string of the molecule is COC(=O)C1=CC(C)(C)CC(O)C1. The fourth-order valence-electron chi connectivity index (χ4n) is 1.80. The van der Waals surface area contributed by atoms with Gasteiger partial charge in [0.2, 0.25) is 0 Å². The van der Waals surface area contributed by atoms with Crippen LogP contribution in [0, 0.1) is 5.41 Å². The molecule has 3 heteroatoms. The number of hydrogen-bond donors (Lipinski definition) is 1. The Bertz CT molecular complexity index is 241. The van der Waals surface area contributed by atoms with Gasteiger partial charge in [0.1, 0.15) is 0 Å². The quantitative estimate of drug-likeness (QED) is 0.624. The highest BCUT2D eigenvalue weighted by Gasteiger charge is 2.29. The van der Waals surface area contributed by atoms with E-state index in [9.17, 15) is 9.90 Å². The molecule has 1 unspecified atom stereocenters. The Balaban J connectivity index is 2.85. The van der Waals surface area contributed by atoms with E-state index in [1.54, 1.807) is 0 Å². The lowest BCUT2D eigenvalue weighted by molar-refractivity contribution is -0.136. The van der Waals surface area contributed by atoms with Gasteiger partial charge in [0.05, 0.1) is 13.2 Å². The summed E-state index contributed by atoms with van der Waals surface area (Å²) in [7, 11) is 1.36. The molecule has 0 bridgehead atoms. The van der Waals surface area contributed by atoms with Gasteiger partial charge in [-0.15, -0.1) is 0 Å². The van der Waals surface area contributed by atoms with Crippen molar-refractivity contribution in [2.24, 2.45) is 5.41 Å². The molecule has 0 saturated carbocycles. The molecule has 0 spiro atoms. The first-order valence-corrected chi connectivity index (χ1v) is 4.43. The van der Waals surface area contributed by atoms with Gasteiger partial charge in [-0.2, -0.15) is 0 Å². The second-order valence-corrected chi connectivity index (χ2v) is 4.21. The van der Waals surface area contributed by atoms with Crippen LogP contribution in [0.25, 0.3) is 0 Å². The summed E-state index contributed by atoms with van der Waals surface area (Å²) in [5.41, 5.74) is 0.479. The zero-order valence-corrected chi connectivity index (χ0v) is 8.33. The van der Waals surface area contributed by atoms with E-state index >= 15 is 0 Å². The predicted molar refractivity (Wildman–Crippen MR) is 49.1 cm³/mol. The highest BCUT2D eigenvalue weighted by molar-refractivity contribution is 5.88. The minimum Gasteiger partial charge on any atom is -0.466 e. The summed E-state index contributed by atoms with van der Waals surface area (Å²) in [6, 6.07) is 0. The number of allylic oxidation sites excluding steroid dienone is 1. The van der Waals surface area contributed by atoms with Gasteiger partial charge >= 0.3 is 5.97 Å². The van der Waals surface area contributed by atoms with Gasteiger partial charge in [-0.25, -0.2) is 4.79 Å². The fraction of sp³-hybridized carbons (Fsp3) is 0.700. The maximum atomic E-state index is 11.2. The Labute approximate surface area is 78.4 Å². The Hall–Kier alpha value is -0.830. The molecule has 74 valence electrons. The molecule has 1 aliphatic rings. The van der Waals surface area contributed by atoms with E-state index in [1.165, 1.54) is 7.11 Å². The maximum Gasteiger partial charge on any atom is 0.333 e. The van der Waals surface area contributed by atoms with E-state index < -0.39 is 6.10 Å². The summed E-state index contributed by atoms with van der Waals surface area (Å²) in [6.45, 7) is 4.00. The molecule has 1 atom stereocenters. The molecule has 13 heavy (non-hydrogen) atoms. The van der Waals surface area contributed by atoms with E-state index in [2.05, 4.69) is 4.74 Å². The number of rotatable bonds is 1. The van der Waals surface area contributed by atoms with Crippen molar-refractivity contribution in [2.45, 2.75) is 32.8 Å². The summed E-state index contributed by atoms with van der Waals surface area (Å²) in [6.07, 6.45) is 2.59. The van der Waals surface area contributed by atoms with Crippen molar-refractivity contribution in [3.63, 3.8) is 0 Å². The number of carbonyl (C=O) groups excluding carboxylic acids is 1. The number of esters is 1. The summed E-state index contributed by atoms with van der Waals surface area (Å²) in [5, 5.41) is 9.51. The van der Waals surface area contributed by atoms with Crippen molar-refractivity contribution in [3.05, 3.63) is 11.6 Å². The zero-order valence-electron chi connectivity index (χ0n) is 8.33. The second-order valence-electron chi connectivity index (χ2n) is 4.21. The Morgan fingerprint density at radius 1 is 1.69 bits per heavy atom. The second kappa shape index (κ2) is 3.50. The molecule has 0 fully saturated rings. The van der Waals surface area contributed by atoms with Crippen molar-refractivity contribution in [3.8, 4) is 0 Å². The minimum atomic E-state index is -0.422. The summed E-state index contributed by atoms with van der Waals surface area (Å²) in [4.78, 5) is 11.2. The van der Waals surface area contributed by atoms with Crippen LogP contribution in [0.5, 0.6) is 0 Å². The average molecular weight is 184 g/mol. The number of carbonyl (C=O) groups is 1. The van der Waals surface area contributed by atoms with Crippen molar-refractivity contribution < 1.29 is 14.6 Å². The average Bonchev–Trinajstić information content (AvgIpc) is 1.99. The van der Waals surface area contributed by atoms with Crippen LogP contribution in [0.3, 0.4) is 0 Å². The first kappa shape index (κ1) is 10.3. The van der Waals surface area contributed by atoms with Crippen LogP contribution in [0.15, 0.2) is 11.6 Å². The van der Waals surface area contributed by atoms with Gasteiger partial charge in [0.15, 0.2) is 0 Å². The molecule has 0 saturated heterocycles. The lowest BCUT2D eigenvalue weighted by atomic mass is 9.78. The highest BCUT2D eigenvalue weighted by atomic mass is 16.5. The highest BCUT2D eigenvalue weighted by Crippen LogP contribution is 2.33. The van der Waals surface area contributed by atoms with E-state index in [-0.39, 0.29) is 11.4 Å². The van der Waals surface area contributed by atoms with Gasteiger partial charge < -0.3 is 9.84 Å². The van der Waals surface area contributed by atoms with Crippen LogP contribution in [0.1, 0.15) is 26.7 Å². The van der Waals surface area contributed by atoms with Crippen molar-refractivity contribution in [1.82, 2.24) is 0 Å². The predicted octanol–water partition coefficient (Wildman–Crippen LogP) is 1.27. The maximum absolute atomic E-state index is 11.2. The molecule has 0 aliphatic heterocycles. The third-order valence-electron chi connectivity index (χ3n) is 2.23. The summed E-state index contributed by atoms with van der Waals surface area (Å²) < 4.78 is 4.61. The third kappa shape index (κ3) is 2.56. The van der Waals surface area contributed by atoms with Crippen LogP contribution in [0.2, 0.25) is 0 Å². The van der Waals surface area contributed by atoms with E-state index in [4.69, 9.17) is 0 Å². The van der Waals surface area contributed by atoms with Crippen LogP contribution in [0.4, 0.5) is 0 Å². The van der Waals surface area contributed by atoms with E-state index in [0.717, 1.165) is 0 Å². The lowest BCUT2D eigenvalue weighted by Crippen LogP contribution is -2.27. The van der Waals surface area contributed by atoms with Crippen molar-refractivity contribution in [1.29, 1.82) is 0 Å². The van der Waals surface area contributed by atoms with Gasteiger partial charge in [0, 0.05) is 12.0 Å². The number of hydrogen-bond acceptors (Lipinski definition) is 3. The third-order valence-corrected chi connectivity index (χ3v) is 2.23. The van der Waals surface area contributed by atoms with Gasteiger partial charge in [-0.3, -0.25) is 0 Å². The number of aliphatic hydroxyl groups is 1. The fourth-order valence-corrected chi connectivity index (χ4v) is 1.80. The molecule has 0 aromatic heterocycles. The van der Waals surface area contributed by atoms with Crippen LogP contribution in [-0.2, 0) is 9.53 Å². The lowest BCUT2D eigenvalue weighted by Gasteiger charge is -2.30.